The summed E-state index contributed by atoms with van der Waals surface area (Å²) in [6.07, 6.45) is 0. The quantitative estimate of drug-likeness (QED) is 0.752. The molecule has 0 amide bonds. The van der Waals surface area contributed by atoms with E-state index in [1.165, 1.54) is 4.52 Å². The number of hydrogen-bond acceptors (Lipinski definition) is 4. The molecule has 0 fully saturated rings. The molecule has 0 radical (unpaired) electrons. The van der Waals surface area contributed by atoms with Gasteiger partial charge in [-0.15, -0.1) is 0 Å². The van der Waals surface area contributed by atoms with Crippen molar-refractivity contribution >= 4 is 5.65 Å². The third kappa shape index (κ3) is 2.55. The number of benzene rings is 1. The van der Waals surface area contributed by atoms with Gasteiger partial charge >= 0.3 is 0 Å². The Bertz CT molecular complexity index is 777. The van der Waals surface area contributed by atoms with Gasteiger partial charge in [0.2, 0.25) is 5.88 Å². The van der Waals surface area contributed by atoms with Crippen LogP contribution in [0.5, 0.6) is 5.88 Å². The smallest absolute Gasteiger partial charge is 0.254 e. The average Bonchev–Trinajstić information content (AvgIpc) is 2.83. The van der Waals surface area contributed by atoms with Gasteiger partial charge in [0, 0.05) is 6.07 Å². The molecule has 2 aromatic heterocycles. The van der Waals surface area contributed by atoms with Crippen molar-refractivity contribution in [3.8, 4) is 5.88 Å². The lowest BCUT2D eigenvalue weighted by molar-refractivity contribution is 0.104. The molecule has 0 saturated heterocycles. The summed E-state index contributed by atoms with van der Waals surface area (Å²) in [6, 6.07) is 12.6. The fourth-order valence-corrected chi connectivity index (χ4v) is 1.95. The third-order valence-electron chi connectivity index (χ3n) is 2.85. The second kappa shape index (κ2) is 5.18. The van der Waals surface area contributed by atoms with E-state index in [4.69, 9.17) is 4.74 Å². The molecule has 3 rings (SSSR count). The van der Waals surface area contributed by atoms with E-state index >= 15 is 0 Å². The molecule has 20 heavy (non-hydrogen) atoms. The van der Waals surface area contributed by atoms with Crippen LogP contribution in [0.2, 0.25) is 0 Å². The van der Waals surface area contributed by atoms with Crippen LogP contribution in [0.4, 0.5) is 0 Å². The van der Waals surface area contributed by atoms with Crippen LogP contribution in [0.1, 0.15) is 11.3 Å². The van der Waals surface area contributed by atoms with E-state index < -0.39 is 0 Å². The molecule has 0 saturated carbocycles. The molecule has 0 bridgehead atoms. The normalized spacial score (nSPS) is 11.0. The van der Waals surface area contributed by atoms with Crippen LogP contribution in [0.25, 0.3) is 5.65 Å². The minimum Gasteiger partial charge on any atom is -0.493 e. The number of aromatic nitrogens is 3. The molecule has 0 unspecified atom stereocenters. The largest absolute Gasteiger partial charge is 0.493 e. The third-order valence-corrected chi connectivity index (χ3v) is 2.85. The zero-order chi connectivity index (χ0) is 13.9. The Labute approximate surface area is 114 Å². The van der Waals surface area contributed by atoms with Crippen LogP contribution in [0, 0.1) is 0 Å². The lowest BCUT2D eigenvalue weighted by Crippen LogP contribution is -2.06. The molecule has 0 atom stereocenters. The van der Waals surface area contributed by atoms with Crippen LogP contribution in [-0.2, 0) is 18.0 Å². The summed E-state index contributed by atoms with van der Waals surface area (Å²) < 4.78 is 6.82. The first-order valence-electron chi connectivity index (χ1n) is 6.15. The first kappa shape index (κ1) is 12.4. The summed E-state index contributed by atoms with van der Waals surface area (Å²) >= 11 is 0. The van der Waals surface area contributed by atoms with E-state index in [1.807, 2.05) is 30.3 Å². The van der Waals surface area contributed by atoms with E-state index in [2.05, 4.69) is 10.1 Å². The van der Waals surface area contributed by atoms with Gasteiger partial charge in [0.25, 0.3) is 5.56 Å². The van der Waals surface area contributed by atoms with Crippen LogP contribution >= 0.6 is 0 Å². The highest BCUT2D eigenvalue weighted by Gasteiger charge is 2.06. The van der Waals surface area contributed by atoms with Gasteiger partial charge in [-0.3, -0.25) is 4.79 Å². The van der Waals surface area contributed by atoms with Crippen LogP contribution < -0.4 is 5.56 Å². The highest BCUT2D eigenvalue weighted by molar-refractivity contribution is 5.41. The number of ether oxygens (including phenoxy) is 1. The van der Waals surface area contributed by atoms with Gasteiger partial charge in [-0.2, -0.15) is 9.61 Å². The predicted molar refractivity (Wildman–Crippen MR) is 72.4 cm³/mol. The maximum Gasteiger partial charge on any atom is 0.254 e. The summed E-state index contributed by atoms with van der Waals surface area (Å²) in [6.45, 7) is 0.787. The number of hydrogen-bond donors (Lipinski definition) is 2. The molecular weight excluding hydrogens is 258 g/mol. The minimum atomic E-state index is -0.369. The number of rotatable bonds is 4. The fraction of sp³-hybridized carbons (Fsp3) is 0.143. The summed E-state index contributed by atoms with van der Waals surface area (Å²) in [4.78, 5) is 13.8. The lowest BCUT2D eigenvalue weighted by atomic mass is 10.2. The molecule has 6 heteroatoms. The van der Waals surface area contributed by atoms with Gasteiger partial charge in [0.1, 0.15) is 5.65 Å². The number of fused-ring (bicyclic) bond motifs is 1. The van der Waals surface area contributed by atoms with Crippen LogP contribution in [-0.4, -0.2) is 19.7 Å². The summed E-state index contributed by atoms with van der Waals surface area (Å²) in [7, 11) is 0. The average molecular weight is 271 g/mol. The van der Waals surface area contributed by atoms with Crippen molar-refractivity contribution in [3.63, 3.8) is 0 Å². The second-order valence-corrected chi connectivity index (χ2v) is 4.40. The molecule has 6 nitrogen and oxygen atoms in total. The highest BCUT2D eigenvalue weighted by Crippen LogP contribution is 2.11. The van der Waals surface area contributed by atoms with Crippen molar-refractivity contribution in [2.45, 2.75) is 13.2 Å². The number of nitrogens with zero attached hydrogens (tertiary/aromatic N) is 2. The molecule has 102 valence electrons. The van der Waals surface area contributed by atoms with Gasteiger partial charge in [-0.25, -0.2) is 0 Å². The molecule has 0 aliphatic carbocycles. The Hall–Kier alpha value is -2.60. The number of H-pyrrole nitrogens is 1. The van der Waals surface area contributed by atoms with Crippen LogP contribution in [0.15, 0.2) is 47.3 Å². The maximum absolute atomic E-state index is 11.2. The van der Waals surface area contributed by atoms with Gasteiger partial charge in [0.05, 0.1) is 25.0 Å². The van der Waals surface area contributed by atoms with Gasteiger partial charge in [-0.05, 0) is 5.56 Å². The van der Waals surface area contributed by atoms with E-state index in [1.54, 1.807) is 6.07 Å². The summed E-state index contributed by atoms with van der Waals surface area (Å²) in [5.74, 6) is -0.196. The Kier molecular flexibility index (Phi) is 3.22. The van der Waals surface area contributed by atoms with E-state index in [0.29, 0.717) is 24.6 Å². The molecule has 0 spiro atoms. The lowest BCUT2D eigenvalue weighted by Gasteiger charge is -2.01. The number of aromatic hydroxyl groups is 1. The Morgan fingerprint density at radius 3 is 2.80 bits per heavy atom. The molecular formula is C14H13N3O3. The zero-order valence-electron chi connectivity index (χ0n) is 10.6. The summed E-state index contributed by atoms with van der Waals surface area (Å²) in [5.41, 5.74) is 1.78. The van der Waals surface area contributed by atoms with Crippen molar-refractivity contribution in [2.75, 3.05) is 0 Å². The monoisotopic (exact) mass is 271 g/mol. The maximum atomic E-state index is 11.2. The fourth-order valence-electron chi connectivity index (χ4n) is 1.95. The van der Waals surface area contributed by atoms with E-state index in [0.717, 1.165) is 11.6 Å². The molecule has 2 N–H and O–H groups in total. The SMILES string of the molecule is O=c1cc(O)n2nc(COCc3ccccc3)cc2[nH]1. The van der Waals surface area contributed by atoms with Crippen molar-refractivity contribution < 1.29 is 9.84 Å². The standard InChI is InChI=1S/C14H13N3O3/c18-13-7-14(19)17-12(15-13)6-11(16-17)9-20-8-10-4-2-1-3-5-10/h1-7,19H,8-9H2,(H,15,18). The van der Waals surface area contributed by atoms with E-state index in [9.17, 15) is 9.90 Å². The van der Waals surface area contributed by atoms with Crippen molar-refractivity contribution in [1.29, 1.82) is 0 Å². The van der Waals surface area contributed by atoms with Crippen molar-refractivity contribution in [2.24, 2.45) is 0 Å². The van der Waals surface area contributed by atoms with Crippen molar-refractivity contribution in [3.05, 3.63) is 64.1 Å². The Balaban J connectivity index is 1.72. The topological polar surface area (TPSA) is 79.6 Å². The number of aromatic amines is 1. The molecule has 2 heterocycles. The molecule has 0 aliphatic rings. The predicted octanol–water partition coefficient (Wildman–Crippen LogP) is 1.44. The molecule has 3 aromatic rings. The zero-order valence-corrected chi connectivity index (χ0v) is 10.6. The van der Waals surface area contributed by atoms with Gasteiger partial charge < -0.3 is 14.8 Å². The summed E-state index contributed by atoms with van der Waals surface area (Å²) in [5, 5.41) is 13.8. The van der Waals surface area contributed by atoms with Crippen molar-refractivity contribution in [1.82, 2.24) is 14.6 Å². The van der Waals surface area contributed by atoms with E-state index in [-0.39, 0.29) is 11.4 Å². The first-order valence-corrected chi connectivity index (χ1v) is 6.15. The highest BCUT2D eigenvalue weighted by atomic mass is 16.5. The van der Waals surface area contributed by atoms with Crippen LogP contribution in [0.3, 0.4) is 0 Å². The Morgan fingerprint density at radius 2 is 2.00 bits per heavy atom. The second-order valence-electron chi connectivity index (χ2n) is 4.40. The number of nitrogens with one attached hydrogen (secondary N) is 1. The van der Waals surface area contributed by atoms with Gasteiger partial charge in [-0.1, -0.05) is 30.3 Å². The molecule has 0 aliphatic heterocycles. The minimum absolute atomic E-state index is 0.196. The van der Waals surface area contributed by atoms with Gasteiger partial charge in [0.15, 0.2) is 0 Å². The Morgan fingerprint density at radius 1 is 1.20 bits per heavy atom. The molecule has 1 aromatic carbocycles. The first-order chi connectivity index (χ1) is 9.72.